The summed E-state index contributed by atoms with van der Waals surface area (Å²) in [6, 6.07) is 6.47. The highest BCUT2D eigenvalue weighted by Crippen LogP contribution is 2.12. The molecule has 0 fully saturated rings. The molecule has 0 spiro atoms. The second-order valence-electron chi connectivity index (χ2n) is 4.64. The van der Waals surface area contributed by atoms with E-state index in [1.807, 2.05) is 0 Å². The maximum absolute atomic E-state index is 11.8. The van der Waals surface area contributed by atoms with Gasteiger partial charge >= 0.3 is 5.97 Å². The summed E-state index contributed by atoms with van der Waals surface area (Å²) in [5.74, 6) is -1.66. The third-order valence-electron chi connectivity index (χ3n) is 2.70. The lowest BCUT2D eigenvalue weighted by Crippen LogP contribution is -2.42. The van der Waals surface area contributed by atoms with Gasteiger partial charge in [0.15, 0.2) is 0 Å². The van der Waals surface area contributed by atoms with Gasteiger partial charge in [0.25, 0.3) is 5.91 Å². The average Bonchev–Trinajstić information content (AvgIpc) is 2.43. The molecule has 21 heavy (non-hydrogen) atoms. The van der Waals surface area contributed by atoms with Crippen molar-refractivity contribution in [2.45, 2.75) is 19.8 Å². The lowest BCUT2D eigenvalue weighted by atomic mass is 10.0. The molecule has 0 radical (unpaired) electrons. The first kappa shape index (κ1) is 16.5. The van der Waals surface area contributed by atoms with Crippen molar-refractivity contribution >= 4 is 17.8 Å². The van der Waals surface area contributed by atoms with Crippen LogP contribution in [0.2, 0.25) is 0 Å². The molecule has 0 aromatic heterocycles. The zero-order valence-corrected chi connectivity index (χ0v) is 11.9. The standard InChI is InChI=1S/C14H18N2O5/c1-9(7-13(18)19)6-12(17)15-16-14(20)10-4-3-5-11(8-10)21-2/h3-5,8-9H,6-7H2,1-2H3,(H,15,17)(H,16,20)(H,18,19)/t9-/m1/s1. The van der Waals surface area contributed by atoms with Gasteiger partial charge in [-0.25, -0.2) is 0 Å². The fourth-order valence-corrected chi connectivity index (χ4v) is 1.70. The van der Waals surface area contributed by atoms with Gasteiger partial charge in [0.1, 0.15) is 5.75 Å². The highest BCUT2D eigenvalue weighted by atomic mass is 16.5. The average molecular weight is 294 g/mol. The van der Waals surface area contributed by atoms with Gasteiger partial charge in [0, 0.05) is 18.4 Å². The molecule has 3 N–H and O–H groups in total. The number of hydrogen-bond donors (Lipinski definition) is 3. The molecule has 0 saturated heterocycles. The minimum Gasteiger partial charge on any atom is -0.497 e. The summed E-state index contributed by atoms with van der Waals surface area (Å²) in [5.41, 5.74) is 4.86. The molecule has 114 valence electrons. The van der Waals surface area contributed by atoms with Crippen LogP contribution >= 0.6 is 0 Å². The summed E-state index contributed by atoms with van der Waals surface area (Å²) in [5, 5.41) is 8.60. The first-order chi connectivity index (χ1) is 9.92. The Kier molecular flexibility index (Phi) is 6.19. The van der Waals surface area contributed by atoms with E-state index in [0.29, 0.717) is 11.3 Å². The molecular formula is C14H18N2O5. The molecule has 0 heterocycles. The number of carbonyl (C=O) groups excluding carboxylic acids is 2. The van der Waals surface area contributed by atoms with E-state index in [-0.39, 0.29) is 18.8 Å². The number of benzene rings is 1. The van der Waals surface area contributed by atoms with Crippen LogP contribution < -0.4 is 15.6 Å². The van der Waals surface area contributed by atoms with E-state index in [1.165, 1.54) is 13.2 Å². The van der Waals surface area contributed by atoms with Crippen molar-refractivity contribution in [2.24, 2.45) is 5.92 Å². The lowest BCUT2D eigenvalue weighted by Gasteiger charge is -2.10. The summed E-state index contributed by atoms with van der Waals surface area (Å²) in [4.78, 5) is 33.8. The number of hydrazine groups is 1. The van der Waals surface area contributed by atoms with Crippen LogP contribution in [0, 0.1) is 5.92 Å². The van der Waals surface area contributed by atoms with E-state index >= 15 is 0 Å². The van der Waals surface area contributed by atoms with Crippen LogP contribution in [0.5, 0.6) is 5.75 Å². The Morgan fingerprint density at radius 2 is 1.95 bits per heavy atom. The minimum absolute atomic E-state index is 0.0185. The molecule has 1 atom stereocenters. The number of methoxy groups -OCH3 is 1. The Hall–Kier alpha value is -2.57. The van der Waals surface area contributed by atoms with Crippen LogP contribution in [0.25, 0.3) is 0 Å². The molecule has 7 nitrogen and oxygen atoms in total. The fourth-order valence-electron chi connectivity index (χ4n) is 1.70. The highest BCUT2D eigenvalue weighted by Gasteiger charge is 2.13. The van der Waals surface area contributed by atoms with Gasteiger partial charge in [-0.05, 0) is 24.1 Å². The number of carboxylic acid groups (broad SMARTS) is 1. The fraction of sp³-hybridized carbons (Fsp3) is 0.357. The molecule has 0 saturated carbocycles. The Morgan fingerprint density at radius 3 is 2.57 bits per heavy atom. The Labute approximate surface area is 122 Å². The van der Waals surface area contributed by atoms with Crippen LogP contribution in [0.1, 0.15) is 30.1 Å². The van der Waals surface area contributed by atoms with E-state index in [1.54, 1.807) is 25.1 Å². The number of ether oxygens (including phenoxy) is 1. The van der Waals surface area contributed by atoms with Gasteiger partial charge in [0.2, 0.25) is 5.91 Å². The van der Waals surface area contributed by atoms with Gasteiger partial charge in [-0.3, -0.25) is 25.2 Å². The SMILES string of the molecule is COc1cccc(C(=O)NNC(=O)C[C@@H](C)CC(=O)O)c1. The topological polar surface area (TPSA) is 105 Å². The van der Waals surface area contributed by atoms with E-state index in [4.69, 9.17) is 9.84 Å². The number of amides is 2. The third-order valence-corrected chi connectivity index (χ3v) is 2.70. The van der Waals surface area contributed by atoms with Gasteiger partial charge in [-0.2, -0.15) is 0 Å². The first-order valence-electron chi connectivity index (χ1n) is 6.37. The summed E-state index contributed by atoms with van der Waals surface area (Å²) >= 11 is 0. The summed E-state index contributed by atoms with van der Waals surface area (Å²) in [6.07, 6.45) is -0.0814. The number of nitrogens with one attached hydrogen (secondary N) is 2. The zero-order chi connectivity index (χ0) is 15.8. The molecule has 0 aliphatic carbocycles. The lowest BCUT2D eigenvalue weighted by molar-refractivity contribution is -0.138. The molecule has 1 aromatic rings. The van der Waals surface area contributed by atoms with Crippen molar-refractivity contribution in [1.82, 2.24) is 10.9 Å². The van der Waals surface area contributed by atoms with Crippen LogP contribution in [-0.4, -0.2) is 30.0 Å². The predicted octanol–water partition coefficient (Wildman–Crippen LogP) is 0.957. The van der Waals surface area contributed by atoms with E-state index in [2.05, 4.69) is 10.9 Å². The van der Waals surface area contributed by atoms with Crippen molar-refractivity contribution in [3.05, 3.63) is 29.8 Å². The number of aliphatic carboxylic acids is 1. The van der Waals surface area contributed by atoms with Gasteiger partial charge in [-0.15, -0.1) is 0 Å². The molecule has 1 rings (SSSR count). The van der Waals surface area contributed by atoms with Crippen molar-refractivity contribution in [1.29, 1.82) is 0 Å². The van der Waals surface area contributed by atoms with Crippen molar-refractivity contribution in [3.63, 3.8) is 0 Å². The molecule has 0 aliphatic heterocycles. The van der Waals surface area contributed by atoms with Crippen molar-refractivity contribution < 1.29 is 24.2 Å². The van der Waals surface area contributed by atoms with Gasteiger partial charge < -0.3 is 9.84 Å². The van der Waals surface area contributed by atoms with Gasteiger partial charge in [0.05, 0.1) is 7.11 Å². The second-order valence-corrected chi connectivity index (χ2v) is 4.64. The smallest absolute Gasteiger partial charge is 0.303 e. The molecule has 0 unspecified atom stereocenters. The summed E-state index contributed by atoms with van der Waals surface area (Å²) < 4.78 is 5.00. The minimum atomic E-state index is -0.962. The zero-order valence-electron chi connectivity index (χ0n) is 11.9. The summed E-state index contributed by atoms with van der Waals surface area (Å²) in [7, 11) is 1.49. The number of carbonyl (C=O) groups is 3. The molecule has 1 aromatic carbocycles. The Morgan fingerprint density at radius 1 is 1.24 bits per heavy atom. The van der Waals surface area contributed by atoms with Crippen LogP contribution in [0.15, 0.2) is 24.3 Å². The Bertz CT molecular complexity index is 530. The van der Waals surface area contributed by atoms with Crippen LogP contribution in [0.3, 0.4) is 0 Å². The molecule has 7 heteroatoms. The van der Waals surface area contributed by atoms with Crippen LogP contribution in [0.4, 0.5) is 0 Å². The molecule has 2 amide bonds. The number of rotatable bonds is 6. The third kappa shape index (κ3) is 5.94. The van der Waals surface area contributed by atoms with Gasteiger partial charge in [-0.1, -0.05) is 13.0 Å². The van der Waals surface area contributed by atoms with E-state index < -0.39 is 17.8 Å². The Balaban J connectivity index is 2.45. The van der Waals surface area contributed by atoms with Crippen molar-refractivity contribution in [3.8, 4) is 5.75 Å². The molecular weight excluding hydrogens is 276 g/mol. The van der Waals surface area contributed by atoms with Crippen molar-refractivity contribution in [2.75, 3.05) is 7.11 Å². The summed E-state index contributed by atoms with van der Waals surface area (Å²) in [6.45, 7) is 1.65. The monoisotopic (exact) mass is 294 g/mol. The van der Waals surface area contributed by atoms with Crippen LogP contribution in [-0.2, 0) is 9.59 Å². The highest BCUT2D eigenvalue weighted by molar-refractivity contribution is 5.95. The first-order valence-corrected chi connectivity index (χ1v) is 6.37. The number of carboxylic acids is 1. The maximum atomic E-state index is 11.8. The maximum Gasteiger partial charge on any atom is 0.303 e. The number of hydrogen-bond acceptors (Lipinski definition) is 4. The quantitative estimate of drug-likeness (QED) is 0.678. The largest absolute Gasteiger partial charge is 0.497 e. The molecule has 0 aliphatic rings. The second kappa shape index (κ2) is 7.88. The van der Waals surface area contributed by atoms with E-state index in [9.17, 15) is 14.4 Å². The van der Waals surface area contributed by atoms with E-state index in [0.717, 1.165) is 0 Å². The normalized spacial score (nSPS) is 11.3. The molecule has 0 bridgehead atoms. The predicted molar refractivity (Wildman–Crippen MR) is 74.6 cm³/mol.